The van der Waals surface area contributed by atoms with Crippen LogP contribution in [0.3, 0.4) is 0 Å². The number of amides is 1. The van der Waals surface area contributed by atoms with E-state index in [0.717, 1.165) is 0 Å². The van der Waals surface area contributed by atoms with Crippen LogP contribution in [0.1, 0.15) is 22.8 Å². The quantitative estimate of drug-likeness (QED) is 0.272. The van der Waals surface area contributed by atoms with E-state index in [1.54, 1.807) is 25.1 Å². The summed E-state index contributed by atoms with van der Waals surface area (Å²) in [6, 6.07) is 9.21. The summed E-state index contributed by atoms with van der Waals surface area (Å²) < 4.78 is 36.4. The Bertz CT molecular complexity index is 1090. The van der Waals surface area contributed by atoms with Crippen molar-refractivity contribution in [3.63, 3.8) is 0 Å². The molecular formula is C17H12Cl3KN2O5S. The number of oxime groups is 1. The molecule has 1 heterocycles. The molecule has 148 valence electrons. The minimum atomic E-state index is -5.02. The van der Waals surface area contributed by atoms with E-state index < -0.39 is 16.3 Å². The van der Waals surface area contributed by atoms with Gasteiger partial charge in [-0.05, 0) is 36.4 Å². The van der Waals surface area contributed by atoms with Crippen LogP contribution in [0.4, 0.5) is 5.69 Å². The fourth-order valence-corrected chi connectivity index (χ4v) is 3.73. The predicted octanol–water partition coefficient (Wildman–Crippen LogP) is 1.13. The average Bonchev–Trinajstić information content (AvgIpc) is 2.58. The maximum absolute atomic E-state index is 13.1. The van der Waals surface area contributed by atoms with E-state index in [1.807, 2.05) is 0 Å². The van der Waals surface area contributed by atoms with Crippen LogP contribution in [-0.2, 0) is 14.7 Å². The van der Waals surface area contributed by atoms with E-state index in [2.05, 4.69) is 9.44 Å². The number of anilines is 1. The molecule has 29 heavy (non-hydrogen) atoms. The summed E-state index contributed by atoms with van der Waals surface area (Å²) in [6.45, 7) is 1.85. The van der Waals surface area contributed by atoms with Crippen molar-refractivity contribution in [2.24, 2.45) is 11.1 Å². The van der Waals surface area contributed by atoms with Crippen LogP contribution >= 0.6 is 34.8 Å². The van der Waals surface area contributed by atoms with Gasteiger partial charge < -0.3 is 9.45 Å². The molecule has 3 rings (SSSR count). The molecule has 1 aliphatic rings. The molecule has 0 saturated heterocycles. The number of carbonyl (C=O) groups is 1. The fraction of sp³-hybridized carbons (Fsp3) is 0.176. The zero-order valence-electron chi connectivity index (χ0n) is 15.2. The molecule has 0 N–H and O–H groups in total. The second-order valence-electron chi connectivity index (χ2n) is 6.06. The Hall–Kier alpha value is -0.204. The van der Waals surface area contributed by atoms with Crippen molar-refractivity contribution >= 4 is 62.5 Å². The van der Waals surface area contributed by atoms with Gasteiger partial charge >= 0.3 is 51.4 Å². The molecule has 2 aromatic carbocycles. The van der Waals surface area contributed by atoms with Crippen molar-refractivity contribution in [1.29, 1.82) is 0 Å². The van der Waals surface area contributed by atoms with Gasteiger partial charge in [0.15, 0.2) is 0 Å². The Morgan fingerprint density at radius 2 is 1.79 bits per heavy atom. The fourth-order valence-electron chi connectivity index (χ4n) is 2.90. The topological polar surface area (TPSA) is 99.1 Å². The standard InChI is InChI=1S/C17H13Cl3N2O5S.K/c1-9-8-22(17(23)12-4-2-11(19)7-14(12)20)15-5-3-10(18)6-13(15)16(9)21-27-28(24,25)26;/h2-7,9H,8H2,1H3,(H,24,25,26);/q;+1/p-1/b21-16+;. The molecule has 0 aromatic heterocycles. The Morgan fingerprint density at radius 1 is 1.17 bits per heavy atom. The SMILES string of the molecule is CC1CN(C(=O)c2ccc(Cl)cc2Cl)c2ccc(Cl)cc2/C1=N/OS(=O)(=O)[O-].[K+]. The zero-order valence-corrected chi connectivity index (χ0v) is 21.4. The van der Waals surface area contributed by atoms with Crippen molar-refractivity contribution < 1.29 is 73.4 Å². The molecule has 0 bridgehead atoms. The van der Waals surface area contributed by atoms with Crippen molar-refractivity contribution in [3.05, 3.63) is 62.6 Å². The first kappa shape index (κ1) is 25.1. The van der Waals surface area contributed by atoms with Crippen LogP contribution in [-0.4, -0.2) is 31.1 Å². The Morgan fingerprint density at radius 3 is 2.41 bits per heavy atom. The van der Waals surface area contributed by atoms with Gasteiger partial charge in [-0.2, -0.15) is 8.42 Å². The average molecular weight is 502 g/mol. The summed E-state index contributed by atoms with van der Waals surface area (Å²) in [7, 11) is -5.02. The molecule has 0 fully saturated rings. The van der Waals surface area contributed by atoms with Crippen LogP contribution < -0.4 is 56.3 Å². The molecule has 0 saturated carbocycles. The summed E-state index contributed by atoms with van der Waals surface area (Å²) in [5.74, 6) is -0.837. The smallest absolute Gasteiger partial charge is 0.714 e. The number of halogens is 3. The molecular weight excluding hydrogens is 490 g/mol. The summed E-state index contributed by atoms with van der Waals surface area (Å²) in [6.07, 6.45) is 0. The number of hydrogen-bond donors (Lipinski definition) is 0. The second-order valence-corrected chi connectivity index (χ2v) is 8.31. The van der Waals surface area contributed by atoms with Crippen molar-refractivity contribution in [1.82, 2.24) is 0 Å². The summed E-state index contributed by atoms with van der Waals surface area (Å²) in [4.78, 5) is 14.6. The second kappa shape index (κ2) is 9.95. The van der Waals surface area contributed by atoms with Gasteiger partial charge in [-0.15, -0.1) is 0 Å². The van der Waals surface area contributed by atoms with Gasteiger partial charge in [0, 0.05) is 28.1 Å². The van der Waals surface area contributed by atoms with E-state index in [1.165, 1.54) is 23.1 Å². The maximum atomic E-state index is 13.1. The van der Waals surface area contributed by atoms with Gasteiger partial charge in [0.05, 0.1) is 22.0 Å². The van der Waals surface area contributed by atoms with Crippen LogP contribution in [0.15, 0.2) is 41.6 Å². The first-order chi connectivity index (χ1) is 13.1. The molecule has 7 nitrogen and oxygen atoms in total. The maximum Gasteiger partial charge on any atom is 1.00 e. The third kappa shape index (κ3) is 5.94. The summed E-state index contributed by atoms with van der Waals surface area (Å²) in [5.41, 5.74) is 1.22. The number of rotatable bonds is 3. The number of fused-ring (bicyclic) bond motifs is 1. The monoisotopic (exact) mass is 500 g/mol. The van der Waals surface area contributed by atoms with Crippen LogP contribution in [0, 0.1) is 5.92 Å². The van der Waals surface area contributed by atoms with Crippen LogP contribution in [0.25, 0.3) is 0 Å². The Kier molecular flexibility index (Phi) is 8.59. The Labute approximate surface area is 225 Å². The third-order valence-corrected chi connectivity index (χ3v) is 5.12. The number of nitrogens with zero attached hydrogens (tertiary/aromatic N) is 2. The zero-order chi connectivity index (χ0) is 20.6. The Balaban J connectivity index is 0.00000300. The van der Waals surface area contributed by atoms with Crippen molar-refractivity contribution in [2.45, 2.75) is 6.92 Å². The number of carbonyl (C=O) groups excluding carboxylic acids is 1. The number of hydrogen-bond acceptors (Lipinski definition) is 6. The minimum absolute atomic E-state index is 0. The van der Waals surface area contributed by atoms with Gasteiger partial charge in [-0.25, -0.2) is 0 Å². The van der Waals surface area contributed by atoms with E-state index in [9.17, 15) is 17.8 Å². The van der Waals surface area contributed by atoms with Crippen molar-refractivity contribution in [2.75, 3.05) is 11.4 Å². The van der Waals surface area contributed by atoms with Gasteiger partial charge in [-0.1, -0.05) is 46.9 Å². The molecule has 0 radical (unpaired) electrons. The molecule has 0 spiro atoms. The van der Waals surface area contributed by atoms with E-state index in [-0.39, 0.29) is 80.1 Å². The summed E-state index contributed by atoms with van der Waals surface area (Å²) >= 11 is 18.1. The molecule has 12 heteroatoms. The third-order valence-electron chi connectivity index (χ3n) is 4.08. The minimum Gasteiger partial charge on any atom is -0.714 e. The van der Waals surface area contributed by atoms with Crippen LogP contribution in [0.5, 0.6) is 0 Å². The molecule has 1 aliphatic heterocycles. The molecule has 1 unspecified atom stereocenters. The van der Waals surface area contributed by atoms with Gasteiger partial charge in [0.1, 0.15) is 0 Å². The van der Waals surface area contributed by atoms with Gasteiger partial charge in [-0.3, -0.25) is 9.08 Å². The summed E-state index contributed by atoms with van der Waals surface area (Å²) in [5, 5.41) is 4.42. The van der Waals surface area contributed by atoms with Gasteiger partial charge in [0.2, 0.25) is 0 Å². The molecule has 1 atom stereocenters. The first-order valence-corrected chi connectivity index (χ1v) is 10.3. The normalized spacial score (nSPS) is 17.5. The largest absolute Gasteiger partial charge is 1.00 e. The predicted molar refractivity (Wildman–Crippen MR) is 106 cm³/mol. The molecule has 0 aliphatic carbocycles. The van der Waals surface area contributed by atoms with E-state index >= 15 is 0 Å². The van der Waals surface area contributed by atoms with Gasteiger partial charge in [0.25, 0.3) is 16.3 Å². The molecule has 2 aromatic rings. The van der Waals surface area contributed by atoms with Crippen molar-refractivity contribution in [3.8, 4) is 0 Å². The number of benzene rings is 2. The van der Waals surface area contributed by atoms with E-state index in [0.29, 0.717) is 21.3 Å². The first-order valence-electron chi connectivity index (χ1n) is 7.86. The van der Waals surface area contributed by atoms with Crippen LogP contribution in [0.2, 0.25) is 15.1 Å². The molecule has 1 amide bonds. The van der Waals surface area contributed by atoms with E-state index in [4.69, 9.17) is 34.8 Å².